The van der Waals surface area contributed by atoms with Gasteiger partial charge in [0.2, 0.25) is 0 Å². The maximum absolute atomic E-state index is 13.2. The van der Waals surface area contributed by atoms with E-state index in [9.17, 15) is 13.2 Å². The first-order valence-electron chi connectivity index (χ1n) is 9.67. The molecule has 0 atom stereocenters. The van der Waals surface area contributed by atoms with Crippen molar-refractivity contribution in [2.45, 2.75) is 25.4 Å². The van der Waals surface area contributed by atoms with Crippen LogP contribution in [-0.2, 0) is 6.18 Å². The highest BCUT2D eigenvalue weighted by Crippen LogP contribution is 2.34. The molecule has 1 aliphatic rings. The van der Waals surface area contributed by atoms with Gasteiger partial charge in [-0.1, -0.05) is 6.07 Å². The molecular formula is C21H22F3N3OS. The molecule has 1 aliphatic heterocycles. The number of hydrogen-bond donors (Lipinski definition) is 0. The molecule has 0 saturated carbocycles. The quantitative estimate of drug-likeness (QED) is 0.473. The van der Waals surface area contributed by atoms with E-state index >= 15 is 0 Å². The number of likely N-dealkylation sites (tertiary alicyclic amines) is 1. The molecule has 3 aromatic rings. The minimum atomic E-state index is -4.49. The molecule has 0 N–H and O–H groups in total. The summed E-state index contributed by atoms with van der Waals surface area (Å²) in [5.41, 5.74) is 0.0862. The van der Waals surface area contributed by atoms with Crippen molar-refractivity contribution in [2.75, 3.05) is 26.2 Å². The highest BCUT2D eigenvalue weighted by Gasteiger charge is 2.35. The highest BCUT2D eigenvalue weighted by molar-refractivity contribution is 7.13. The lowest BCUT2D eigenvalue weighted by Gasteiger charge is -2.14. The summed E-state index contributed by atoms with van der Waals surface area (Å²) in [6.45, 7) is 4.00. The fourth-order valence-corrected chi connectivity index (χ4v) is 4.21. The molecular weight excluding hydrogens is 399 g/mol. The van der Waals surface area contributed by atoms with Crippen LogP contribution in [0.4, 0.5) is 13.2 Å². The lowest BCUT2D eigenvalue weighted by Crippen LogP contribution is -2.21. The molecule has 1 fully saturated rings. The zero-order valence-electron chi connectivity index (χ0n) is 15.9. The van der Waals surface area contributed by atoms with Crippen LogP contribution in [0.15, 0.2) is 47.8 Å². The number of benzene rings is 1. The van der Waals surface area contributed by atoms with Gasteiger partial charge in [0.25, 0.3) is 0 Å². The van der Waals surface area contributed by atoms with Crippen LogP contribution in [0.3, 0.4) is 0 Å². The number of thiophene rings is 1. The van der Waals surface area contributed by atoms with Crippen molar-refractivity contribution >= 4 is 11.3 Å². The van der Waals surface area contributed by atoms with Crippen molar-refractivity contribution in [3.8, 4) is 22.0 Å². The topological polar surface area (TPSA) is 30.3 Å². The smallest absolute Gasteiger partial charge is 0.435 e. The van der Waals surface area contributed by atoms with Gasteiger partial charge in [-0.05, 0) is 74.1 Å². The fraction of sp³-hybridized carbons (Fsp3) is 0.381. The first kappa shape index (κ1) is 20.0. The van der Waals surface area contributed by atoms with Crippen LogP contribution in [0.1, 0.15) is 25.0 Å². The second kappa shape index (κ2) is 8.59. The molecule has 0 bridgehead atoms. The van der Waals surface area contributed by atoms with E-state index < -0.39 is 11.9 Å². The predicted octanol–water partition coefficient (Wildman–Crippen LogP) is 5.48. The second-order valence-electron chi connectivity index (χ2n) is 7.05. The summed E-state index contributed by atoms with van der Waals surface area (Å²) in [6, 6.07) is 11.7. The molecule has 8 heteroatoms. The zero-order chi connectivity index (χ0) is 20.3. The van der Waals surface area contributed by atoms with Crippen molar-refractivity contribution in [1.82, 2.24) is 14.7 Å². The number of nitrogens with zero attached hydrogens (tertiary/aromatic N) is 3. The van der Waals surface area contributed by atoms with Crippen molar-refractivity contribution in [1.29, 1.82) is 0 Å². The molecule has 4 rings (SSSR count). The molecule has 1 aromatic carbocycles. The van der Waals surface area contributed by atoms with Crippen molar-refractivity contribution in [2.24, 2.45) is 0 Å². The molecule has 0 aliphatic carbocycles. The summed E-state index contributed by atoms with van der Waals surface area (Å²) in [6.07, 6.45) is -0.980. The Bertz CT molecular complexity index is 914. The Balaban J connectivity index is 1.46. The Morgan fingerprint density at radius 2 is 1.83 bits per heavy atom. The molecule has 154 valence electrons. The summed E-state index contributed by atoms with van der Waals surface area (Å²) >= 11 is 1.38. The maximum atomic E-state index is 13.2. The predicted molar refractivity (Wildman–Crippen MR) is 108 cm³/mol. The first-order chi connectivity index (χ1) is 14.0. The number of halogens is 3. The van der Waals surface area contributed by atoms with Crippen molar-refractivity contribution in [3.05, 3.63) is 53.5 Å². The van der Waals surface area contributed by atoms with E-state index in [1.807, 2.05) is 11.4 Å². The minimum absolute atomic E-state index is 0.423. The molecule has 2 aromatic heterocycles. The average molecular weight is 421 g/mol. The fourth-order valence-electron chi connectivity index (χ4n) is 3.48. The molecule has 0 amide bonds. The Kier molecular flexibility index (Phi) is 5.91. The molecule has 1 saturated heterocycles. The van der Waals surface area contributed by atoms with Gasteiger partial charge in [-0.2, -0.15) is 18.3 Å². The van der Waals surface area contributed by atoms with E-state index in [1.165, 1.54) is 41.9 Å². The standard InChI is InChI=1S/C21H22F3N3OS/c22-21(23,24)20-15-18(19-5-3-14-29-19)27(25-20)16-6-8-17(9-7-16)28-13-4-12-26-10-1-2-11-26/h3,5-9,14-15H,1-2,4,10-13H2. The van der Waals surface area contributed by atoms with E-state index in [0.717, 1.165) is 23.9 Å². The normalized spacial score (nSPS) is 15.1. The first-order valence-corrected chi connectivity index (χ1v) is 10.6. The molecule has 29 heavy (non-hydrogen) atoms. The molecule has 4 nitrogen and oxygen atoms in total. The molecule has 3 heterocycles. The molecule has 0 unspecified atom stereocenters. The Labute approximate surface area is 171 Å². The summed E-state index contributed by atoms with van der Waals surface area (Å²) in [4.78, 5) is 3.17. The maximum Gasteiger partial charge on any atom is 0.435 e. The van der Waals surface area contributed by atoms with Crippen LogP contribution >= 0.6 is 11.3 Å². The van der Waals surface area contributed by atoms with Gasteiger partial charge in [-0.15, -0.1) is 11.3 Å². The largest absolute Gasteiger partial charge is 0.494 e. The van der Waals surface area contributed by atoms with E-state index in [1.54, 1.807) is 30.3 Å². The van der Waals surface area contributed by atoms with Gasteiger partial charge < -0.3 is 9.64 Å². The third-order valence-electron chi connectivity index (χ3n) is 4.94. The lowest BCUT2D eigenvalue weighted by molar-refractivity contribution is -0.141. The van der Waals surface area contributed by atoms with Crippen LogP contribution in [-0.4, -0.2) is 40.9 Å². The minimum Gasteiger partial charge on any atom is -0.494 e. The number of ether oxygens (including phenoxy) is 1. The molecule has 0 spiro atoms. The molecule has 0 radical (unpaired) electrons. The van der Waals surface area contributed by atoms with E-state index in [4.69, 9.17) is 4.74 Å². The van der Waals surface area contributed by atoms with E-state index in [0.29, 0.717) is 23.7 Å². The summed E-state index contributed by atoms with van der Waals surface area (Å²) in [5, 5.41) is 5.64. The van der Waals surface area contributed by atoms with Crippen LogP contribution in [0.25, 0.3) is 16.3 Å². The van der Waals surface area contributed by atoms with E-state index in [-0.39, 0.29) is 0 Å². The number of alkyl halides is 3. The van der Waals surface area contributed by atoms with Gasteiger partial charge in [0.05, 0.1) is 22.9 Å². The van der Waals surface area contributed by atoms with Gasteiger partial charge >= 0.3 is 6.18 Å². The van der Waals surface area contributed by atoms with Crippen molar-refractivity contribution < 1.29 is 17.9 Å². The summed E-state index contributed by atoms with van der Waals surface area (Å²) < 4.78 is 46.7. The monoisotopic (exact) mass is 421 g/mol. The Morgan fingerprint density at radius 1 is 1.07 bits per heavy atom. The van der Waals surface area contributed by atoms with Crippen LogP contribution in [0.2, 0.25) is 0 Å². The van der Waals surface area contributed by atoms with Crippen LogP contribution in [0, 0.1) is 0 Å². The Morgan fingerprint density at radius 3 is 2.48 bits per heavy atom. The van der Waals surface area contributed by atoms with Gasteiger partial charge in [0, 0.05) is 6.54 Å². The number of aromatic nitrogens is 2. The van der Waals surface area contributed by atoms with Gasteiger partial charge in [-0.3, -0.25) is 0 Å². The third kappa shape index (κ3) is 4.82. The second-order valence-corrected chi connectivity index (χ2v) is 7.99. The number of rotatable bonds is 7. The number of hydrogen-bond acceptors (Lipinski definition) is 4. The van der Waals surface area contributed by atoms with E-state index in [2.05, 4.69) is 10.00 Å². The van der Waals surface area contributed by atoms with Gasteiger partial charge in [-0.25, -0.2) is 4.68 Å². The summed E-state index contributed by atoms with van der Waals surface area (Å²) in [5.74, 6) is 0.705. The van der Waals surface area contributed by atoms with Gasteiger partial charge in [0.1, 0.15) is 5.75 Å². The van der Waals surface area contributed by atoms with Crippen LogP contribution in [0.5, 0.6) is 5.75 Å². The third-order valence-corrected chi connectivity index (χ3v) is 5.83. The van der Waals surface area contributed by atoms with Crippen molar-refractivity contribution in [3.63, 3.8) is 0 Å². The average Bonchev–Trinajstić information content (AvgIpc) is 3.46. The van der Waals surface area contributed by atoms with Crippen LogP contribution < -0.4 is 4.74 Å². The zero-order valence-corrected chi connectivity index (χ0v) is 16.7. The lowest BCUT2D eigenvalue weighted by atomic mass is 10.2. The highest BCUT2D eigenvalue weighted by atomic mass is 32.1. The SMILES string of the molecule is FC(F)(F)c1cc(-c2cccs2)n(-c2ccc(OCCCN3CCCC3)cc2)n1. The Hall–Kier alpha value is -2.32. The van der Waals surface area contributed by atoms with Gasteiger partial charge in [0.15, 0.2) is 5.69 Å². The summed E-state index contributed by atoms with van der Waals surface area (Å²) in [7, 11) is 0.